The Morgan fingerprint density at radius 3 is 2.43 bits per heavy atom. The van der Waals surface area contributed by atoms with E-state index in [1.54, 1.807) is 53.5 Å². The van der Waals surface area contributed by atoms with Crippen molar-refractivity contribution in [2.24, 2.45) is 0 Å². The Morgan fingerprint density at radius 1 is 1.07 bits per heavy atom. The van der Waals surface area contributed by atoms with Crippen molar-refractivity contribution < 1.29 is 8.42 Å². The monoisotopic (exact) mass is 390 g/mol. The predicted octanol–water partition coefficient (Wildman–Crippen LogP) is 2.83. The van der Waals surface area contributed by atoms with Gasteiger partial charge in [-0.25, -0.2) is 18.1 Å². The van der Waals surface area contributed by atoms with Gasteiger partial charge in [0.25, 0.3) is 0 Å². The molecule has 138 valence electrons. The summed E-state index contributed by atoms with van der Waals surface area (Å²) in [5, 5.41) is 17.1. The van der Waals surface area contributed by atoms with Crippen LogP contribution in [0.25, 0.3) is 16.7 Å². The maximum atomic E-state index is 11.5. The van der Waals surface area contributed by atoms with E-state index in [2.05, 4.69) is 26.5 Å². The number of rotatable bonds is 4. The summed E-state index contributed by atoms with van der Waals surface area (Å²) < 4.78 is 24.7. The van der Waals surface area contributed by atoms with E-state index in [1.807, 2.05) is 0 Å². The normalized spacial score (nSPS) is 11.3. The molecule has 0 radical (unpaired) electrons. The van der Waals surface area contributed by atoms with Gasteiger partial charge in [-0.1, -0.05) is 0 Å². The van der Waals surface area contributed by atoms with E-state index in [-0.39, 0.29) is 4.90 Å². The second-order valence-electron chi connectivity index (χ2n) is 6.13. The standard InChI is InChI=1S/C19H14N6O2S/c1-28(26,27)17-8-4-15(5-9-17)22-19-21-11-14-12-25(24-18(14)23-19)16-6-2-13(10-20)3-7-16/h2-9,11-12H,1H3,(H,22,23,24). The van der Waals surface area contributed by atoms with Crippen molar-refractivity contribution in [3.8, 4) is 11.8 Å². The zero-order chi connectivity index (χ0) is 19.7. The van der Waals surface area contributed by atoms with Gasteiger partial charge in [-0.2, -0.15) is 10.2 Å². The molecule has 28 heavy (non-hydrogen) atoms. The molecule has 0 atom stereocenters. The maximum Gasteiger partial charge on any atom is 0.229 e. The van der Waals surface area contributed by atoms with E-state index in [0.29, 0.717) is 22.8 Å². The fourth-order valence-electron chi connectivity index (χ4n) is 2.61. The highest BCUT2D eigenvalue weighted by molar-refractivity contribution is 7.90. The average Bonchev–Trinajstić information content (AvgIpc) is 3.11. The van der Waals surface area contributed by atoms with Gasteiger partial charge < -0.3 is 5.32 Å². The summed E-state index contributed by atoms with van der Waals surface area (Å²) in [4.78, 5) is 8.91. The first-order valence-corrected chi connectivity index (χ1v) is 10.1. The van der Waals surface area contributed by atoms with Crippen molar-refractivity contribution in [3.05, 3.63) is 66.5 Å². The van der Waals surface area contributed by atoms with E-state index in [0.717, 1.165) is 17.3 Å². The van der Waals surface area contributed by atoms with Crippen molar-refractivity contribution in [2.45, 2.75) is 4.90 Å². The molecule has 2 heterocycles. The van der Waals surface area contributed by atoms with Crippen molar-refractivity contribution >= 4 is 32.5 Å². The van der Waals surface area contributed by atoms with Crippen LogP contribution in [0.1, 0.15) is 5.56 Å². The van der Waals surface area contributed by atoms with Gasteiger partial charge in [0.15, 0.2) is 15.5 Å². The zero-order valence-electron chi connectivity index (χ0n) is 14.7. The topological polar surface area (TPSA) is 114 Å². The van der Waals surface area contributed by atoms with Crippen LogP contribution >= 0.6 is 0 Å². The molecule has 0 amide bonds. The number of nitrogens with zero attached hydrogens (tertiary/aromatic N) is 5. The molecule has 0 aliphatic heterocycles. The van der Waals surface area contributed by atoms with Crippen molar-refractivity contribution in [1.82, 2.24) is 19.7 Å². The van der Waals surface area contributed by atoms with Gasteiger partial charge in [0.05, 0.1) is 27.6 Å². The third kappa shape index (κ3) is 3.54. The van der Waals surface area contributed by atoms with Crippen LogP contribution in [0.4, 0.5) is 11.6 Å². The number of fused-ring (bicyclic) bond motifs is 1. The van der Waals surface area contributed by atoms with Gasteiger partial charge in [-0.15, -0.1) is 5.10 Å². The quantitative estimate of drug-likeness (QED) is 0.570. The first-order valence-electron chi connectivity index (χ1n) is 8.22. The van der Waals surface area contributed by atoms with E-state index in [4.69, 9.17) is 5.26 Å². The number of aromatic nitrogens is 4. The summed E-state index contributed by atoms with van der Waals surface area (Å²) in [6.07, 6.45) is 4.63. The van der Waals surface area contributed by atoms with Gasteiger partial charge in [0, 0.05) is 24.3 Å². The van der Waals surface area contributed by atoms with Gasteiger partial charge in [0.2, 0.25) is 5.95 Å². The molecule has 8 nitrogen and oxygen atoms in total. The molecule has 0 saturated carbocycles. The highest BCUT2D eigenvalue weighted by atomic mass is 32.2. The molecule has 0 spiro atoms. The van der Waals surface area contributed by atoms with Crippen molar-refractivity contribution in [1.29, 1.82) is 5.26 Å². The summed E-state index contributed by atoms with van der Waals surface area (Å²) in [7, 11) is -3.24. The molecule has 0 aliphatic carbocycles. The lowest BCUT2D eigenvalue weighted by atomic mass is 10.2. The molecular formula is C19H14N6O2S. The van der Waals surface area contributed by atoms with Crippen LogP contribution in [-0.4, -0.2) is 34.4 Å². The Balaban J connectivity index is 1.60. The smallest absolute Gasteiger partial charge is 0.229 e. The Labute approximate surface area is 161 Å². The van der Waals surface area contributed by atoms with E-state index < -0.39 is 9.84 Å². The summed E-state index contributed by atoms with van der Waals surface area (Å²) in [5.74, 6) is 0.352. The second kappa shape index (κ2) is 6.75. The van der Waals surface area contributed by atoms with Crippen LogP contribution < -0.4 is 5.32 Å². The zero-order valence-corrected chi connectivity index (χ0v) is 15.6. The number of anilines is 2. The van der Waals surface area contributed by atoms with E-state index in [9.17, 15) is 8.42 Å². The Bertz CT molecular complexity index is 1300. The SMILES string of the molecule is CS(=O)(=O)c1ccc(Nc2ncc3cn(-c4ccc(C#N)cc4)nc3n2)cc1. The molecular weight excluding hydrogens is 376 g/mol. The molecule has 4 rings (SSSR count). The third-order valence-corrected chi connectivity index (χ3v) is 5.19. The first kappa shape index (κ1) is 17.6. The molecule has 9 heteroatoms. The Kier molecular flexibility index (Phi) is 4.25. The van der Waals surface area contributed by atoms with Crippen LogP contribution in [-0.2, 0) is 9.84 Å². The molecule has 0 bridgehead atoms. The number of hydrogen-bond donors (Lipinski definition) is 1. The average molecular weight is 390 g/mol. The second-order valence-corrected chi connectivity index (χ2v) is 8.14. The van der Waals surface area contributed by atoms with Crippen LogP contribution in [0.3, 0.4) is 0 Å². The summed E-state index contributed by atoms with van der Waals surface area (Å²) >= 11 is 0. The third-order valence-electron chi connectivity index (χ3n) is 4.06. The molecule has 4 aromatic rings. The molecule has 0 aliphatic rings. The highest BCUT2D eigenvalue weighted by Gasteiger charge is 2.09. The maximum absolute atomic E-state index is 11.5. The Morgan fingerprint density at radius 2 is 1.79 bits per heavy atom. The van der Waals surface area contributed by atoms with Crippen molar-refractivity contribution in [2.75, 3.05) is 11.6 Å². The fourth-order valence-corrected chi connectivity index (χ4v) is 3.24. The number of sulfone groups is 1. The lowest BCUT2D eigenvalue weighted by Crippen LogP contribution is -1.99. The van der Waals surface area contributed by atoms with E-state index in [1.165, 1.54) is 12.1 Å². The van der Waals surface area contributed by atoms with Crippen LogP contribution in [0.5, 0.6) is 0 Å². The van der Waals surface area contributed by atoms with Gasteiger partial charge in [0.1, 0.15) is 0 Å². The highest BCUT2D eigenvalue weighted by Crippen LogP contribution is 2.19. The minimum Gasteiger partial charge on any atom is -0.324 e. The van der Waals surface area contributed by atoms with Crippen LogP contribution in [0.2, 0.25) is 0 Å². The largest absolute Gasteiger partial charge is 0.324 e. The van der Waals surface area contributed by atoms with Gasteiger partial charge >= 0.3 is 0 Å². The molecule has 1 N–H and O–H groups in total. The number of nitriles is 1. The van der Waals surface area contributed by atoms with E-state index >= 15 is 0 Å². The molecule has 0 saturated heterocycles. The molecule has 2 aromatic carbocycles. The van der Waals surface area contributed by atoms with Crippen LogP contribution in [0.15, 0.2) is 65.8 Å². The number of hydrogen-bond acceptors (Lipinski definition) is 7. The minimum absolute atomic E-state index is 0.246. The Hall–Kier alpha value is -3.77. The summed E-state index contributed by atoms with van der Waals surface area (Å²) in [6, 6.07) is 15.5. The molecule has 2 aromatic heterocycles. The number of nitrogens with one attached hydrogen (secondary N) is 1. The fraction of sp³-hybridized carbons (Fsp3) is 0.0526. The van der Waals surface area contributed by atoms with Gasteiger partial charge in [-0.05, 0) is 48.5 Å². The minimum atomic E-state index is -3.24. The van der Waals surface area contributed by atoms with Crippen LogP contribution in [0, 0.1) is 11.3 Å². The lowest BCUT2D eigenvalue weighted by Gasteiger charge is -2.05. The molecule has 0 unspecified atom stereocenters. The van der Waals surface area contributed by atoms with Crippen molar-refractivity contribution in [3.63, 3.8) is 0 Å². The lowest BCUT2D eigenvalue weighted by molar-refractivity contribution is 0.602. The predicted molar refractivity (Wildman–Crippen MR) is 104 cm³/mol. The first-order chi connectivity index (χ1) is 13.4. The summed E-state index contributed by atoms with van der Waals surface area (Å²) in [5.41, 5.74) is 2.56. The molecule has 0 fully saturated rings. The van der Waals surface area contributed by atoms with Gasteiger partial charge in [-0.3, -0.25) is 0 Å². The number of benzene rings is 2. The summed E-state index contributed by atoms with van der Waals surface area (Å²) in [6.45, 7) is 0.